The molecule has 1 heterocycles. The number of carbonyl (C=O) groups excluding carboxylic acids is 1. The van der Waals surface area contributed by atoms with Crippen LogP contribution in [0.1, 0.15) is 65.2 Å². The van der Waals surface area contributed by atoms with E-state index in [0.717, 1.165) is 12.8 Å². The number of unbranched alkanes of at least 4 members (excludes halogenated alkanes) is 7. The van der Waals surface area contributed by atoms with Gasteiger partial charge < -0.3 is 34.8 Å². The lowest BCUT2D eigenvalue weighted by Gasteiger charge is -2.42. The first-order chi connectivity index (χ1) is 13.5. The van der Waals surface area contributed by atoms with E-state index in [4.69, 9.17) is 14.2 Å². The molecule has 5 atom stereocenters. The van der Waals surface area contributed by atoms with Crippen molar-refractivity contribution in [3.8, 4) is 0 Å². The van der Waals surface area contributed by atoms with E-state index in [2.05, 4.69) is 12.2 Å². The van der Waals surface area contributed by atoms with Crippen LogP contribution in [-0.4, -0.2) is 78.3 Å². The first-order valence-electron chi connectivity index (χ1n) is 10.6. The molecule has 0 aliphatic carbocycles. The molecule has 28 heavy (non-hydrogen) atoms. The minimum atomic E-state index is -1.31. The van der Waals surface area contributed by atoms with Crippen molar-refractivity contribution in [2.24, 2.45) is 0 Å². The van der Waals surface area contributed by atoms with Crippen molar-refractivity contribution in [2.45, 2.75) is 95.9 Å². The maximum absolute atomic E-state index is 11.3. The minimum absolute atomic E-state index is 0.221. The highest BCUT2D eigenvalue weighted by Gasteiger charge is 2.45. The van der Waals surface area contributed by atoms with Gasteiger partial charge in [-0.2, -0.15) is 0 Å². The Balaban J connectivity index is 2.18. The summed E-state index contributed by atoms with van der Waals surface area (Å²) in [5.74, 6) is -0.373. The molecule has 0 spiro atoms. The number of carbonyl (C=O) groups is 1. The van der Waals surface area contributed by atoms with E-state index < -0.39 is 37.3 Å². The second kappa shape index (κ2) is 15.1. The summed E-state index contributed by atoms with van der Waals surface area (Å²) in [6.45, 7) is 4.32. The average molecular weight is 406 g/mol. The van der Waals surface area contributed by atoms with Crippen molar-refractivity contribution in [3.05, 3.63) is 0 Å². The molecule has 1 amide bonds. The SMILES string of the molecule is CCCCCCCCCCOCCOC1O[C@H](CO)[C@@H](O)[C@H](O)[C@H]1NC(C)=O. The van der Waals surface area contributed by atoms with E-state index in [-0.39, 0.29) is 12.5 Å². The molecule has 0 radical (unpaired) electrons. The van der Waals surface area contributed by atoms with Gasteiger partial charge in [0.1, 0.15) is 24.4 Å². The molecule has 1 unspecified atom stereocenters. The zero-order chi connectivity index (χ0) is 20.8. The maximum atomic E-state index is 11.3. The molecule has 1 aliphatic heterocycles. The van der Waals surface area contributed by atoms with Crippen molar-refractivity contribution in [2.75, 3.05) is 26.4 Å². The summed E-state index contributed by atoms with van der Waals surface area (Å²) in [6, 6.07) is -0.914. The van der Waals surface area contributed by atoms with Crippen LogP contribution in [0.3, 0.4) is 0 Å². The van der Waals surface area contributed by atoms with Gasteiger partial charge in [0.2, 0.25) is 5.91 Å². The molecule has 0 saturated carbocycles. The van der Waals surface area contributed by atoms with Crippen LogP contribution >= 0.6 is 0 Å². The average Bonchev–Trinajstić information content (AvgIpc) is 2.67. The van der Waals surface area contributed by atoms with Gasteiger partial charge in [-0.1, -0.05) is 51.9 Å². The van der Waals surface area contributed by atoms with Gasteiger partial charge in [-0.25, -0.2) is 0 Å². The van der Waals surface area contributed by atoms with Crippen molar-refractivity contribution < 1.29 is 34.3 Å². The largest absolute Gasteiger partial charge is 0.394 e. The standard InChI is InChI=1S/C20H39NO7/c1-3-4-5-6-7-8-9-10-11-26-12-13-27-20-17(21-15(2)23)19(25)18(24)16(14-22)28-20/h16-20,22,24-25H,3-14H2,1-2H3,(H,21,23)/t16-,17-,18-,19-,20?/m1/s1. The van der Waals surface area contributed by atoms with Crippen LogP contribution in [0, 0.1) is 0 Å². The Morgan fingerprint density at radius 1 is 0.964 bits per heavy atom. The van der Waals surface area contributed by atoms with Gasteiger partial charge in [-0.3, -0.25) is 4.79 Å². The molecule has 4 N–H and O–H groups in total. The van der Waals surface area contributed by atoms with Crippen LogP contribution in [-0.2, 0) is 19.0 Å². The third-order valence-electron chi connectivity index (χ3n) is 4.90. The van der Waals surface area contributed by atoms with Crippen molar-refractivity contribution in [1.29, 1.82) is 0 Å². The zero-order valence-electron chi connectivity index (χ0n) is 17.3. The second-order valence-electron chi connectivity index (χ2n) is 7.39. The molecular weight excluding hydrogens is 366 g/mol. The van der Waals surface area contributed by atoms with E-state index in [1.165, 1.54) is 45.4 Å². The van der Waals surface area contributed by atoms with E-state index in [1.807, 2.05) is 0 Å². The number of nitrogens with one attached hydrogen (secondary N) is 1. The Bertz CT molecular complexity index is 410. The van der Waals surface area contributed by atoms with Crippen molar-refractivity contribution in [1.82, 2.24) is 5.32 Å². The summed E-state index contributed by atoms with van der Waals surface area (Å²) in [5.41, 5.74) is 0. The number of ether oxygens (including phenoxy) is 3. The number of hydrogen-bond acceptors (Lipinski definition) is 7. The van der Waals surface area contributed by atoms with E-state index >= 15 is 0 Å². The van der Waals surface area contributed by atoms with Gasteiger partial charge in [-0.05, 0) is 6.42 Å². The molecule has 1 rings (SSSR count). The third kappa shape index (κ3) is 9.62. The van der Waals surface area contributed by atoms with Crippen LogP contribution < -0.4 is 5.32 Å². The fourth-order valence-electron chi connectivity index (χ4n) is 3.28. The predicted octanol–water partition coefficient (Wildman–Crippen LogP) is 1.10. The number of hydrogen-bond donors (Lipinski definition) is 4. The summed E-state index contributed by atoms with van der Waals surface area (Å²) >= 11 is 0. The van der Waals surface area contributed by atoms with Crippen molar-refractivity contribution >= 4 is 5.91 Å². The number of aliphatic hydroxyl groups is 3. The molecule has 1 saturated heterocycles. The first kappa shape index (κ1) is 25.3. The molecule has 8 nitrogen and oxygen atoms in total. The highest BCUT2D eigenvalue weighted by atomic mass is 16.7. The summed E-state index contributed by atoms with van der Waals surface area (Å²) in [4.78, 5) is 11.3. The second-order valence-corrected chi connectivity index (χ2v) is 7.39. The Morgan fingerprint density at radius 3 is 2.21 bits per heavy atom. The van der Waals surface area contributed by atoms with Gasteiger partial charge in [0.05, 0.1) is 19.8 Å². The van der Waals surface area contributed by atoms with Gasteiger partial charge in [0, 0.05) is 13.5 Å². The lowest BCUT2D eigenvalue weighted by molar-refractivity contribution is -0.272. The van der Waals surface area contributed by atoms with Crippen molar-refractivity contribution in [3.63, 3.8) is 0 Å². The minimum Gasteiger partial charge on any atom is -0.394 e. The molecule has 0 aromatic heterocycles. The maximum Gasteiger partial charge on any atom is 0.217 e. The summed E-state index contributed by atoms with van der Waals surface area (Å²) in [7, 11) is 0. The number of aliphatic hydroxyl groups excluding tert-OH is 3. The zero-order valence-corrected chi connectivity index (χ0v) is 17.3. The highest BCUT2D eigenvalue weighted by Crippen LogP contribution is 2.22. The predicted molar refractivity (Wildman–Crippen MR) is 105 cm³/mol. The van der Waals surface area contributed by atoms with Gasteiger partial charge in [0.15, 0.2) is 6.29 Å². The first-order valence-corrected chi connectivity index (χ1v) is 10.6. The molecule has 0 aromatic rings. The molecule has 0 bridgehead atoms. The van der Waals surface area contributed by atoms with Gasteiger partial charge in [0.25, 0.3) is 0 Å². The van der Waals surface area contributed by atoms with Crippen LogP contribution in [0.4, 0.5) is 0 Å². The molecule has 1 aliphatic rings. The normalized spacial score (nSPS) is 27.7. The fourth-order valence-corrected chi connectivity index (χ4v) is 3.28. The lowest BCUT2D eigenvalue weighted by Crippen LogP contribution is -2.64. The molecule has 1 fully saturated rings. The van der Waals surface area contributed by atoms with E-state index in [9.17, 15) is 20.1 Å². The molecule has 166 valence electrons. The third-order valence-corrected chi connectivity index (χ3v) is 4.90. The monoisotopic (exact) mass is 405 g/mol. The Morgan fingerprint density at radius 2 is 1.61 bits per heavy atom. The highest BCUT2D eigenvalue weighted by molar-refractivity contribution is 5.73. The van der Waals surface area contributed by atoms with Crippen LogP contribution in [0.5, 0.6) is 0 Å². The summed E-state index contributed by atoms with van der Waals surface area (Å²) < 4.78 is 16.6. The molecule has 0 aromatic carbocycles. The summed E-state index contributed by atoms with van der Waals surface area (Å²) in [5, 5.41) is 31.9. The van der Waals surface area contributed by atoms with Gasteiger partial charge in [-0.15, -0.1) is 0 Å². The Hall–Kier alpha value is -0.770. The topological polar surface area (TPSA) is 117 Å². The van der Waals surface area contributed by atoms with E-state index in [0.29, 0.717) is 13.2 Å². The Kier molecular flexibility index (Phi) is 13.6. The van der Waals surface area contributed by atoms with Gasteiger partial charge >= 0.3 is 0 Å². The Labute approximate surface area is 168 Å². The quantitative estimate of drug-likeness (QED) is 0.301. The lowest BCUT2D eigenvalue weighted by atomic mass is 9.97. The van der Waals surface area contributed by atoms with E-state index in [1.54, 1.807) is 0 Å². The number of rotatable bonds is 15. The van der Waals surface area contributed by atoms with Crippen LogP contribution in [0.15, 0.2) is 0 Å². The van der Waals surface area contributed by atoms with Crippen LogP contribution in [0.25, 0.3) is 0 Å². The number of amides is 1. The molecule has 8 heteroatoms. The smallest absolute Gasteiger partial charge is 0.217 e. The molecular formula is C20H39NO7. The fraction of sp³-hybridized carbons (Fsp3) is 0.950. The van der Waals surface area contributed by atoms with Crippen LogP contribution in [0.2, 0.25) is 0 Å². The summed E-state index contributed by atoms with van der Waals surface area (Å²) in [6.07, 6.45) is 5.40.